The van der Waals surface area contributed by atoms with Gasteiger partial charge in [-0.15, -0.1) is 0 Å². The molecule has 19 heavy (non-hydrogen) atoms. The van der Waals surface area contributed by atoms with Crippen LogP contribution in [0.3, 0.4) is 0 Å². The molecular formula is C14H18N2O3. The average Bonchev–Trinajstić information content (AvgIpc) is 2.66. The fourth-order valence-electron chi connectivity index (χ4n) is 2.42. The van der Waals surface area contributed by atoms with E-state index < -0.39 is 12.0 Å². The number of aryl methyl sites for hydroxylation is 1. The van der Waals surface area contributed by atoms with Crippen molar-refractivity contribution in [3.63, 3.8) is 0 Å². The number of carbonyl (C=O) groups excluding carboxylic acids is 1. The molecule has 3 N–H and O–H groups in total. The first-order valence-electron chi connectivity index (χ1n) is 6.31. The van der Waals surface area contributed by atoms with Gasteiger partial charge in [-0.2, -0.15) is 0 Å². The molecule has 2 unspecified atom stereocenters. The first-order chi connectivity index (χ1) is 8.97. The SMILES string of the molecule is Cc1ccc(C(CC(=O)O)N2CC(N)CC2=O)cc1. The van der Waals surface area contributed by atoms with Crippen molar-refractivity contribution in [3.05, 3.63) is 35.4 Å². The molecule has 1 aliphatic rings. The lowest BCUT2D eigenvalue weighted by Crippen LogP contribution is -2.33. The topological polar surface area (TPSA) is 83.6 Å². The van der Waals surface area contributed by atoms with Gasteiger partial charge in [0.05, 0.1) is 12.5 Å². The highest BCUT2D eigenvalue weighted by molar-refractivity contribution is 5.80. The fraction of sp³-hybridized carbons (Fsp3) is 0.429. The molecule has 0 saturated carbocycles. The summed E-state index contributed by atoms with van der Waals surface area (Å²) in [4.78, 5) is 24.5. The van der Waals surface area contributed by atoms with Crippen molar-refractivity contribution in [1.29, 1.82) is 0 Å². The number of likely N-dealkylation sites (tertiary alicyclic amines) is 1. The Morgan fingerprint density at radius 3 is 2.58 bits per heavy atom. The van der Waals surface area contributed by atoms with Gasteiger partial charge in [-0.05, 0) is 12.5 Å². The van der Waals surface area contributed by atoms with Gasteiger partial charge in [-0.3, -0.25) is 9.59 Å². The minimum atomic E-state index is -0.918. The molecule has 102 valence electrons. The third-order valence-corrected chi connectivity index (χ3v) is 3.39. The molecule has 0 spiro atoms. The van der Waals surface area contributed by atoms with E-state index in [0.717, 1.165) is 11.1 Å². The molecule has 1 aromatic carbocycles. The predicted octanol–water partition coefficient (Wildman–Crippen LogP) is 1.07. The molecular weight excluding hydrogens is 244 g/mol. The number of carbonyl (C=O) groups is 2. The highest BCUT2D eigenvalue weighted by atomic mass is 16.4. The molecule has 1 heterocycles. The van der Waals surface area contributed by atoms with E-state index >= 15 is 0 Å². The standard InChI is InChI=1S/C14H18N2O3/c1-9-2-4-10(5-3-9)12(7-14(18)19)16-8-11(15)6-13(16)17/h2-5,11-12H,6-8,15H2,1H3,(H,18,19). The molecule has 1 aliphatic heterocycles. The molecule has 1 amide bonds. The van der Waals surface area contributed by atoms with Crippen molar-refractivity contribution >= 4 is 11.9 Å². The molecule has 1 saturated heterocycles. The maximum Gasteiger partial charge on any atom is 0.305 e. The number of carboxylic acid groups (broad SMARTS) is 1. The summed E-state index contributed by atoms with van der Waals surface area (Å²) < 4.78 is 0. The molecule has 1 fully saturated rings. The van der Waals surface area contributed by atoms with Crippen LogP contribution in [-0.4, -0.2) is 34.5 Å². The number of aliphatic carboxylic acids is 1. The predicted molar refractivity (Wildman–Crippen MR) is 70.5 cm³/mol. The van der Waals surface area contributed by atoms with Crippen LogP contribution in [0.4, 0.5) is 0 Å². The Labute approximate surface area is 112 Å². The first kappa shape index (κ1) is 13.5. The number of hydrogen-bond acceptors (Lipinski definition) is 3. The minimum absolute atomic E-state index is 0.0701. The van der Waals surface area contributed by atoms with E-state index in [0.29, 0.717) is 13.0 Å². The van der Waals surface area contributed by atoms with E-state index in [-0.39, 0.29) is 18.4 Å². The van der Waals surface area contributed by atoms with Gasteiger partial charge >= 0.3 is 5.97 Å². The Balaban J connectivity index is 2.28. The second-order valence-corrected chi connectivity index (χ2v) is 5.03. The maximum absolute atomic E-state index is 11.9. The zero-order valence-electron chi connectivity index (χ0n) is 10.9. The zero-order valence-corrected chi connectivity index (χ0v) is 10.9. The van der Waals surface area contributed by atoms with Gasteiger partial charge in [-0.25, -0.2) is 0 Å². The van der Waals surface area contributed by atoms with Crippen LogP contribution in [0.2, 0.25) is 0 Å². The summed E-state index contributed by atoms with van der Waals surface area (Å²) in [7, 11) is 0. The van der Waals surface area contributed by atoms with E-state index in [9.17, 15) is 9.59 Å². The molecule has 1 aromatic rings. The van der Waals surface area contributed by atoms with Gasteiger partial charge < -0.3 is 15.7 Å². The molecule has 0 radical (unpaired) electrons. The Kier molecular flexibility index (Phi) is 3.85. The quantitative estimate of drug-likeness (QED) is 0.850. The van der Waals surface area contributed by atoms with E-state index in [1.165, 1.54) is 0 Å². The van der Waals surface area contributed by atoms with Crippen molar-refractivity contribution < 1.29 is 14.7 Å². The van der Waals surface area contributed by atoms with Crippen LogP contribution in [0.15, 0.2) is 24.3 Å². The number of benzene rings is 1. The fourth-order valence-corrected chi connectivity index (χ4v) is 2.42. The van der Waals surface area contributed by atoms with Crippen LogP contribution in [0.25, 0.3) is 0 Å². The number of nitrogens with two attached hydrogens (primary N) is 1. The van der Waals surface area contributed by atoms with Gasteiger partial charge in [0.2, 0.25) is 5.91 Å². The van der Waals surface area contributed by atoms with Crippen LogP contribution in [0.1, 0.15) is 30.0 Å². The van der Waals surface area contributed by atoms with Crippen LogP contribution >= 0.6 is 0 Å². The van der Waals surface area contributed by atoms with Crippen LogP contribution < -0.4 is 5.73 Å². The molecule has 0 bridgehead atoms. The first-order valence-corrected chi connectivity index (χ1v) is 6.31. The highest BCUT2D eigenvalue weighted by Gasteiger charge is 2.34. The summed E-state index contributed by atoms with van der Waals surface area (Å²) in [6.07, 6.45) is 0.198. The number of hydrogen-bond donors (Lipinski definition) is 2. The highest BCUT2D eigenvalue weighted by Crippen LogP contribution is 2.28. The molecule has 5 nitrogen and oxygen atoms in total. The van der Waals surface area contributed by atoms with E-state index in [1.807, 2.05) is 31.2 Å². The third-order valence-electron chi connectivity index (χ3n) is 3.39. The summed E-state index contributed by atoms with van der Waals surface area (Å²) in [5.41, 5.74) is 7.72. The lowest BCUT2D eigenvalue weighted by molar-refractivity contribution is -0.139. The summed E-state index contributed by atoms with van der Waals surface area (Å²) >= 11 is 0. The van der Waals surface area contributed by atoms with E-state index in [4.69, 9.17) is 10.8 Å². The van der Waals surface area contributed by atoms with Crippen molar-refractivity contribution in [1.82, 2.24) is 4.90 Å². The lowest BCUT2D eigenvalue weighted by atomic mass is 10.0. The van der Waals surface area contributed by atoms with Crippen molar-refractivity contribution in [2.45, 2.75) is 31.8 Å². The number of carboxylic acids is 1. The van der Waals surface area contributed by atoms with Crippen molar-refractivity contribution in [2.24, 2.45) is 5.73 Å². The maximum atomic E-state index is 11.9. The Hall–Kier alpha value is -1.88. The Morgan fingerprint density at radius 2 is 2.11 bits per heavy atom. The van der Waals surface area contributed by atoms with Gasteiger partial charge in [0.15, 0.2) is 0 Å². The number of rotatable bonds is 4. The molecule has 0 aromatic heterocycles. The van der Waals surface area contributed by atoms with E-state index in [1.54, 1.807) is 4.90 Å². The van der Waals surface area contributed by atoms with Crippen molar-refractivity contribution in [3.8, 4) is 0 Å². The monoisotopic (exact) mass is 262 g/mol. The molecule has 2 atom stereocenters. The van der Waals surface area contributed by atoms with E-state index in [2.05, 4.69) is 0 Å². The molecule has 0 aliphatic carbocycles. The normalized spacial score (nSPS) is 20.6. The van der Waals surface area contributed by atoms with Crippen LogP contribution in [-0.2, 0) is 9.59 Å². The number of amides is 1. The third kappa shape index (κ3) is 3.12. The second kappa shape index (κ2) is 5.40. The van der Waals surface area contributed by atoms with Crippen LogP contribution in [0, 0.1) is 6.92 Å². The molecule has 5 heteroatoms. The second-order valence-electron chi connectivity index (χ2n) is 5.03. The van der Waals surface area contributed by atoms with Gasteiger partial charge in [0, 0.05) is 19.0 Å². The summed E-state index contributed by atoms with van der Waals surface area (Å²) in [6, 6.07) is 6.96. The Morgan fingerprint density at radius 1 is 1.47 bits per heavy atom. The minimum Gasteiger partial charge on any atom is -0.481 e. The largest absolute Gasteiger partial charge is 0.481 e. The van der Waals surface area contributed by atoms with Gasteiger partial charge in [0.1, 0.15) is 0 Å². The Bertz CT molecular complexity index is 484. The van der Waals surface area contributed by atoms with Crippen LogP contribution in [0.5, 0.6) is 0 Å². The summed E-state index contributed by atoms with van der Waals surface area (Å²) in [6.45, 7) is 2.39. The lowest BCUT2D eigenvalue weighted by Gasteiger charge is -2.27. The summed E-state index contributed by atoms with van der Waals surface area (Å²) in [5, 5.41) is 9.04. The average molecular weight is 262 g/mol. The number of nitrogens with zero attached hydrogens (tertiary/aromatic N) is 1. The van der Waals surface area contributed by atoms with Gasteiger partial charge in [-0.1, -0.05) is 29.8 Å². The van der Waals surface area contributed by atoms with Gasteiger partial charge in [0.25, 0.3) is 0 Å². The van der Waals surface area contributed by atoms with Crippen molar-refractivity contribution in [2.75, 3.05) is 6.54 Å². The summed E-state index contributed by atoms with van der Waals surface area (Å²) in [5.74, 6) is -0.988. The smallest absolute Gasteiger partial charge is 0.305 e. The zero-order chi connectivity index (χ0) is 14.0. The molecule has 2 rings (SSSR count).